The number of rotatable bonds is 3. The fourth-order valence-electron chi connectivity index (χ4n) is 1.37. The Balaban J connectivity index is 0.00000169. The van der Waals surface area contributed by atoms with Gasteiger partial charge in [-0.1, -0.05) is 0 Å². The van der Waals surface area contributed by atoms with Crippen LogP contribution in [-0.4, -0.2) is 57.1 Å². The second kappa shape index (κ2) is 6.06. The molecule has 1 saturated heterocycles. The van der Waals surface area contributed by atoms with Gasteiger partial charge < -0.3 is 19.1 Å². The van der Waals surface area contributed by atoms with Crippen LogP contribution in [0.4, 0.5) is 0 Å². The van der Waals surface area contributed by atoms with Gasteiger partial charge >= 0.3 is 0 Å². The van der Waals surface area contributed by atoms with E-state index in [0.717, 1.165) is 37.3 Å². The summed E-state index contributed by atoms with van der Waals surface area (Å²) in [6.45, 7) is 4.55. The van der Waals surface area contributed by atoms with Crippen LogP contribution in [0.5, 0.6) is 0 Å². The summed E-state index contributed by atoms with van der Waals surface area (Å²) in [4.78, 5) is 0. The Kier molecular flexibility index (Phi) is 5.83. The molecule has 1 heterocycles. The van der Waals surface area contributed by atoms with E-state index in [2.05, 4.69) is 11.8 Å². The van der Waals surface area contributed by atoms with Crippen LogP contribution < -0.4 is 5.11 Å². The molecule has 6 heteroatoms. The minimum atomic E-state index is -0.945. The van der Waals surface area contributed by atoms with Crippen molar-refractivity contribution >= 4 is 18.5 Å². The van der Waals surface area contributed by atoms with Crippen LogP contribution in [0.25, 0.3) is 0 Å². The molecule has 14 heavy (non-hydrogen) atoms. The van der Waals surface area contributed by atoms with E-state index in [9.17, 15) is 5.11 Å². The van der Waals surface area contributed by atoms with Crippen molar-refractivity contribution in [2.24, 2.45) is 0 Å². The maximum Gasteiger partial charge on any atom is 0.142 e. The van der Waals surface area contributed by atoms with Crippen molar-refractivity contribution in [3.63, 3.8) is 0 Å². The van der Waals surface area contributed by atoms with E-state index in [1.54, 1.807) is 0 Å². The second-order valence-electron chi connectivity index (χ2n) is 3.54. The Hall–Kier alpha value is -0.520. The number of nitrogens with one attached hydrogen (secondary N) is 1. The highest BCUT2D eigenvalue weighted by Gasteiger charge is 2.23. The highest BCUT2D eigenvalue weighted by atomic mass is 35.5. The molecular weight excluding hydrogens is 208 g/mol. The molecule has 0 aromatic rings. The summed E-state index contributed by atoms with van der Waals surface area (Å²) in [6, 6.07) is 0. The van der Waals surface area contributed by atoms with E-state index in [0.29, 0.717) is 6.61 Å². The van der Waals surface area contributed by atoms with Gasteiger partial charge in [0.1, 0.15) is 19.2 Å². The molecule has 0 saturated carbocycles. The molecular formula is C8H17ClN2O3. The zero-order valence-corrected chi connectivity index (χ0v) is 9.14. The van der Waals surface area contributed by atoms with Crippen LogP contribution in [0.15, 0.2) is 0 Å². The average Bonchev–Trinajstić information content (AvgIpc) is 2.04. The molecule has 1 fully saturated rings. The Bertz CT molecular complexity index is 183. The topological polar surface area (TPSA) is 65.4 Å². The van der Waals surface area contributed by atoms with Crippen LogP contribution in [0, 0.1) is 5.41 Å². The SMILES string of the molecule is C[N+]1(CCOC(=N)[O-])CCOCC1.Cl. The molecule has 0 unspecified atom stereocenters. The largest absolute Gasteiger partial charge is 0.595 e. The third-order valence-corrected chi connectivity index (χ3v) is 2.42. The van der Waals surface area contributed by atoms with Gasteiger partial charge in [0.05, 0.1) is 26.8 Å². The second-order valence-corrected chi connectivity index (χ2v) is 3.54. The van der Waals surface area contributed by atoms with Crippen molar-refractivity contribution in [3.8, 4) is 0 Å². The van der Waals surface area contributed by atoms with Crippen molar-refractivity contribution in [1.82, 2.24) is 0 Å². The number of likely N-dealkylation sites (N-methyl/N-ethyl adjacent to an activating group) is 1. The molecule has 0 amide bonds. The first-order valence-electron chi connectivity index (χ1n) is 4.42. The number of quaternary nitrogens is 1. The highest BCUT2D eigenvalue weighted by molar-refractivity contribution is 5.85. The normalized spacial score (nSPS) is 19.5. The van der Waals surface area contributed by atoms with Gasteiger partial charge in [0.2, 0.25) is 0 Å². The quantitative estimate of drug-likeness (QED) is 0.388. The zero-order chi connectivity index (χ0) is 9.73. The smallest absolute Gasteiger partial charge is 0.142 e. The summed E-state index contributed by atoms with van der Waals surface area (Å²) < 4.78 is 10.7. The third-order valence-electron chi connectivity index (χ3n) is 2.42. The third kappa shape index (κ3) is 4.64. The van der Waals surface area contributed by atoms with Crippen LogP contribution >= 0.6 is 12.4 Å². The van der Waals surface area contributed by atoms with Crippen LogP contribution in [0.2, 0.25) is 0 Å². The molecule has 5 nitrogen and oxygen atoms in total. The van der Waals surface area contributed by atoms with Crippen LogP contribution in [0.3, 0.4) is 0 Å². The van der Waals surface area contributed by atoms with Crippen molar-refractivity contribution in [2.45, 2.75) is 0 Å². The number of halogens is 1. The summed E-state index contributed by atoms with van der Waals surface area (Å²) in [5, 5.41) is 16.8. The van der Waals surface area contributed by atoms with E-state index < -0.39 is 6.08 Å². The van der Waals surface area contributed by atoms with Crippen molar-refractivity contribution in [1.29, 1.82) is 5.41 Å². The highest BCUT2D eigenvalue weighted by Crippen LogP contribution is 2.06. The lowest BCUT2D eigenvalue weighted by Crippen LogP contribution is -2.53. The molecule has 84 valence electrons. The number of nitrogens with zero attached hydrogens (tertiary/aromatic N) is 1. The summed E-state index contributed by atoms with van der Waals surface area (Å²) in [7, 11) is 2.11. The Morgan fingerprint density at radius 3 is 2.57 bits per heavy atom. The van der Waals surface area contributed by atoms with E-state index in [-0.39, 0.29) is 12.4 Å². The van der Waals surface area contributed by atoms with Gasteiger partial charge in [0.15, 0.2) is 0 Å². The zero-order valence-electron chi connectivity index (χ0n) is 8.32. The Labute approximate surface area is 90.1 Å². The molecule has 0 atom stereocenters. The van der Waals surface area contributed by atoms with Crippen molar-refractivity contribution in [3.05, 3.63) is 0 Å². The molecule has 1 aliphatic heterocycles. The summed E-state index contributed by atoms with van der Waals surface area (Å²) in [5.74, 6) is 0. The van der Waals surface area contributed by atoms with E-state index in [1.165, 1.54) is 0 Å². The van der Waals surface area contributed by atoms with Crippen LogP contribution in [0.1, 0.15) is 0 Å². The van der Waals surface area contributed by atoms with Gasteiger partial charge in [-0.15, -0.1) is 12.4 Å². The summed E-state index contributed by atoms with van der Waals surface area (Å²) in [6.07, 6.45) is -0.945. The summed E-state index contributed by atoms with van der Waals surface area (Å²) in [5.41, 5.74) is 0. The molecule has 1 rings (SSSR count). The lowest BCUT2D eigenvalue weighted by Gasteiger charge is -2.38. The van der Waals surface area contributed by atoms with Crippen molar-refractivity contribution < 1.29 is 19.1 Å². The van der Waals surface area contributed by atoms with Gasteiger partial charge in [-0.05, 0) is 0 Å². The fraction of sp³-hybridized carbons (Fsp3) is 0.875. The number of hydrogen-bond donors (Lipinski definition) is 1. The van der Waals surface area contributed by atoms with E-state index in [1.807, 2.05) is 0 Å². The first-order chi connectivity index (χ1) is 6.12. The molecule has 0 aliphatic carbocycles. The molecule has 0 bridgehead atoms. The van der Waals surface area contributed by atoms with Crippen LogP contribution in [-0.2, 0) is 9.47 Å². The predicted octanol–water partition coefficient (Wildman–Crippen LogP) is -0.803. The minimum absolute atomic E-state index is 0. The minimum Gasteiger partial charge on any atom is -0.595 e. The summed E-state index contributed by atoms with van der Waals surface area (Å²) >= 11 is 0. The number of ether oxygens (including phenoxy) is 2. The monoisotopic (exact) mass is 224 g/mol. The van der Waals surface area contributed by atoms with E-state index >= 15 is 0 Å². The lowest BCUT2D eigenvalue weighted by atomic mass is 10.3. The maximum atomic E-state index is 10.2. The molecule has 0 aromatic heterocycles. The van der Waals surface area contributed by atoms with E-state index in [4.69, 9.17) is 10.1 Å². The van der Waals surface area contributed by atoms with Gasteiger partial charge in [0, 0.05) is 6.61 Å². The van der Waals surface area contributed by atoms with Gasteiger partial charge in [-0.3, -0.25) is 5.41 Å². The van der Waals surface area contributed by atoms with Gasteiger partial charge in [0.25, 0.3) is 0 Å². The Morgan fingerprint density at radius 1 is 1.50 bits per heavy atom. The van der Waals surface area contributed by atoms with Gasteiger partial charge in [-0.2, -0.15) is 0 Å². The molecule has 0 spiro atoms. The molecule has 0 aromatic carbocycles. The molecule has 1 N–H and O–H groups in total. The number of morpholine rings is 1. The first-order valence-corrected chi connectivity index (χ1v) is 4.42. The molecule has 1 aliphatic rings. The number of hydrogen-bond acceptors (Lipinski definition) is 4. The molecule has 0 radical (unpaired) electrons. The maximum absolute atomic E-state index is 10.2. The standard InChI is InChI=1S/C8H16N2O3.ClH/c1-10(2-5-12-6-3-10)4-7-13-8(9)11;/h2-7H2,1H3,(H-,9,11);1H. The fourth-order valence-corrected chi connectivity index (χ4v) is 1.37. The lowest BCUT2D eigenvalue weighted by molar-refractivity contribution is -0.917. The Morgan fingerprint density at radius 2 is 2.07 bits per heavy atom. The average molecular weight is 225 g/mol. The predicted molar refractivity (Wildman–Crippen MR) is 52.5 cm³/mol. The van der Waals surface area contributed by atoms with Crippen molar-refractivity contribution in [2.75, 3.05) is 46.5 Å². The first kappa shape index (κ1) is 13.5. The van der Waals surface area contributed by atoms with Gasteiger partial charge in [-0.25, -0.2) is 0 Å².